The van der Waals surface area contributed by atoms with Crippen LogP contribution in [0.15, 0.2) is 6.20 Å². The monoisotopic (exact) mass is 359 g/mol. The molecule has 1 aromatic heterocycles. The fourth-order valence-corrected chi connectivity index (χ4v) is 5.99. The van der Waals surface area contributed by atoms with Gasteiger partial charge in [0, 0.05) is 34.8 Å². The zero-order valence-corrected chi connectivity index (χ0v) is 15.5. The molecule has 4 aliphatic carbocycles. The normalized spacial score (nSPS) is 34.7. The Bertz CT molecular complexity index is 722. The minimum Gasteiger partial charge on any atom is -0.352 e. The number of hydrogen-bond acceptors (Lipinski definition) is 4. The SMILES string of the molecule is Cc1sncc1C(=O)N1CCC(NC(=O)C23CC(C2)C3)C2(CCC2)C1. The lowest BCUT2D eigenvalue weighted by Crippen LogP contribution is -2.67. The van der Waals surface area contributed by atoms with Gasteiger partial charge in [0.1, 0.15) is 0 Å². The molecule has 25 heavy (non-hydrogen) atoms. The number of carbonyl (C=O) groups is 2. The highest BCUT2D eigenvalue weighted by Gasteiger charge is 2.62. The first kappa shape index (κ1) is 15.8. The molecule has 5 aliphatic rings. The van der Waals surface area contributed by atoms with Gasteiger partial charge in [-0.3, -0.25) is 9.59 Å². The van der Waals surface area contributed by atoms with Gasteiger partial charge in [0.2, 0.25) is 5.91 Å². The second-order valence-electron chi connectivity index (χ2n) is 8.81. The van der Waals surface area contributed by atoms with E-state index < -0.39 is 0 Å². The Morgan fingerprint density at radius 1 is 1.32 bits per heavy atom. The third kappa shape index (κ3) is 2.22. The van der Waals surface area contributed by atoms with E-state index in [0.29, 0.717) is 5.91 Å². The van der Waals surface area contributed by atoms with Gasteiger partial charge in [-0.15, -0.1) is 0 Å². The molecular formula is C19H25N3O2S. The molecule has 5 fully saturated rings. The topological polar surface area (TPSA) is 62.3 Å². The lowest BCUT2D eigenvalue weighted by atomic mass is 9.44. The van der Waals surface area contributed by atoms with E-state index in [4.69, 9.17) is 0 Å². The predicted octanol–water partition coefficient (Wildman–Crippen LogP) is 2.75. The standard InChI is InChI=1S/C19H25N3O2S/c1-12-14(10-20-25-12)16(23)22-6-3-15(18(11-22)4-2-5-18)21-17(24)19-7-13(8-19)9-19/h10,13,15H,2-9,11H2,1H3,(H,21,24). The second kappa shape index (κ2) is 5.29. The largest absolute Gasteiger partial charge is 0.352 e. The van der Waals surface area contributed by atoms with Gasteiger partial charge < -0.3 is 10.2 Å². The van der Waals surface area contributed by atoms with E-state index in [1.165, 1.54) is 18.0 Å². The van der Waals surface area contributed by atoms with Crippen LogP contribution in [0, 0.1) is 23.7 Å². The van der Waals surface area contributed by atoms with Crippen LogP contribution in [0.1, 0.15) is 60.2 Å². The number of piperidine rings is 1. The smallest absolute Gasteiger partial charge is 0.256 e. The van der Waals surface area contributed by atoms with Gasteiger partial charge in [-0.25, -0.2) is 4.37 Å². The van der Waals surface area contributed by atoms with E-state index in [1.54, 1.807) is 6.20 Å². The summed E-state index contributed by atoms with van der Waals surface area (Å²) in [6.45, 7) is 3.47. The molecule has 2 bridgehead atoms. The van der Waals surface area contributed by atoms with Crippen LogP contribution in [0.5, 0.6) is 0 Å². The molecule has 4 saturated carbocycles. The number of hydrogen-bond donors (Lipinski definition) is 1. The van der Waals surface area contributed by atoms with Crippen molar-refractivity contribution in [2.75, 3.05) is 13.1 Å². The summed E-state index contributed by atoms with van der Waals surface area (Å²) < 4.78 is 4.15. The summed E-state index contributed by atoms with van der Waals surface area (Å²) in [7, 11) is 0. The summed E-state index contributed by atoms with van der Waals surface area (Å²) in [5.74, 6) is 1.23. The number of rotatable bonds is 3. The highest BCUT2D eigenvalue weighted by molar-refractivity contribution is 7.06. The molecule has 1 aromatic rings. The van der Waals surface area contributed by atoms with Crippen molar-refractivity contribution in [1.82, 2.24) is 14.6 Å². The van der Waals surface area contributed by atoms with E-state index in [-0.39, 0.29) is 22.8 Å². The van der Waals surface area contributed by atoms with Gasteiger partial charge in [0.05, 0.1) is 11.8 Å². The van der Waals surface area contributed by atoms with Gasteiger partial charge in [-0.1, -0.05) is 6.42 Å². The maximum Gasteiger partial charge on any atom is 0.256 e. The minimum absolute atomic E-state index is 0.0119. The minimum atomic E-state index is -0.0119. The molecule has 5 nitrogen and oxygen atoms in total. The first-order valence-corrected chi connectivity index (χ1v) is 10.3. The highest BCUT2D eigenvalue weighted by Crippen LogP contribution is 2.64. The first-order valence-electron chi connectivity index (χ1n) is 9.53. The quantitative estimate of drug-likeness (QED) is 0.903. The van der Waals surface area contributed by atoms with Crippen LogP contribution in [0.25, 0.3) is 0 Å². The molecule has 1 unspecified atom stereocenters. The predicted molar refractivity (Wildman–Crippen MR) is 95.4 cm³/mol. The first-order chi connectivity index (χ1) is 12.0. The molecule has 1 aliphatic heterocycles. The molecule has 134 valence electrons. The zero-order valence-electron chi connectivity index (χ0n) is 14.7. The molecule has 2 heterocycles. The van der Waals surface area contributed by atoms with E-state index in [1.807, 2.05) is 11.8 Å². The third-order valence-corrected chi connectivity index (χ3v) is 8.08. The van der Waals surface area contributed by atoms with Crippen molar-refractivity contribution in [1.29, 1.82) is 0 Å². The fraction of sp³-hybridized carbons (Fsp3) is 0.737. The van der Waals surface area contributed by atoms with E-state index in [2.05, 4.69) is 9.69 Å². The number of likely N-dealkylation sites (tertiary alicyclic amines) is 1. The Hall–Kier alpha value is -1.43. The molecule has 2 amide bonds. The summed E-state index contributed by atoms with van der Waals surface area (Å²) in [6.07, 6.45) is 9.35. The molecule has 6 heteroatoms. The van der Waals surface area contributed by atoms with Crippen molar-refractivity contribution < 1.29 is 9.59 Å². The number of aryl methyl sites for hydroxylation is 1. The van der Waals surface area contributed by atoms with Crippen molar-refractivity contribution >= 4 is 23.3 Å². The summed E-state index contributed by atoms with van der Waals surface area (Å²) in [5, 5.41) is 3.41. The van der Waals surface area contributed by atoms with Gasteiger partial charge >= 0.3 is 0 Å². The molecule has 1 saturated heterocycles. The summed E-state index contributed by atoms with van der Waals surface area (Å²) >= 11 is 1.39. The molecule has 1 spiro atoms. The van der Waals surface area contributed by atoms with Crippen molar-refractivity contribution in [2.45, 2.75) is 57.9 Å². The number of carbonyl (C=O) groups excluding carboxylic acids is 2. The van der Waals surface area contributed by atoms with Crippen LogP contribution in [0.4, 0.5) is 0 Å². The van der Waals surface area contributed by atoms with Gasteiger partial charge in [-0.05, 0) is 62.9 Å². The number of nitrogens with one attached hydrogen (secondary N) is 1. The molecule has 0 radical (unpaired) electrons. The van der Waals surface area contributed by atoms with Crippen molar-refractivity contribution in [3.05, 3.63) is 16.6 Å². The maximum absolute atomic E-state index is 12.9. The Morgan fingerprint density at radius 3 is 2.60 bits per heavy atom. The van der Waals surface area contributed by atoms with Crippen molar-refractivity contribution in [2.24, 2.45) is 16.7 Å². The maximum atomic E-state index is 12.9. The van der Waals surface area contributed by atoms with Crippen LogP contribution in [-0.2, 0) is 4.79 Å². The van der Waals surface area contributed by atoms with Crippen LogP contribution >= 0.6 is 11.5 Å². The lowest BCUT2D eigenvalue weighted by molar-refractivity contribution is -0.168. The van der Waals surface area contributed by atoms with Gasteiger partial charge in [0.15, 0.2) is 0 Å². The van der Waals surface area contributed by atoms with Crippen LogP contribution in [-0.4, -0.2) is 40.2 Å². The average molecular weight is 359 g/mol. The Balaban J connectivity index is 1.29. The fourth-order valence-electron chi connectivity index (χ4n) is 5.44. The molecule has 0 aromatic carbocycles. The van der Waals surface area contributed by atoms with Gasteiger partial charge in [0.25, 0.3) is 5.91 Å². The number of nitrogens with zero attached hydrogens (tertiary/aromatic N) is 2. The van der Waals surface area contributed by atoms with E-state index in [0.717, 1.165) is 68.0 Å². The van der Waals surface area contributed by atoms with Gasteiger partial charge in [-0.2, -0.15) is 0 Å². The van der Waals surface area contributed by atoms with Crippen molar-refractivity contribution in [3.8, 4) is 0 Å². The highest BCUT2D eigenvalue weighted by atomic mass is 32.1. The molecule has 1 N–H and O–H groups in total. The Labute approximate surface area is 152 Å². The summed E-state index contributed by atoms with van der Waals surface area (Å²) in [4.78, 5) is 28.6. The second-order valence-corrected chi connectivity index (χ2v) is 9.82. The van der Waals surface area contributed by atoms with E-state index >= 15 is 0 Å². The zero-order chi connectivity index (χ0) is 17.2. The van der Waals surface area contributed by atoms with Crippen molar-refractivity contribution in [3.63, 3.8) is 0 Å². The Morgan fingerprint density at radius 2 is 2.08 bits per heavy atom. The third-order valence-electron chi connectivity index (χ3n) is 7.38. The lowest BCUT2D eigenvalue weighted by Gasteiger charge is -2.61. The molecular weight excluding hydrogens is 334 g/mol. The van der Waals surface area contributed by atoms with Crippen LogP contribution in [0.3, 0.4) is 0 Å². The summed E-state index contributed by atoms with van der Waals surface area (Å²) in [6, 6.07) is 0.244. The molecule has 6 rings (SSSR count). The van der Waals surface area contributed by atoms with Crippen LogP contribution in [0.2, 0.25) is 0 Å². The summed E-state index contributed by atoms with van der Waals surface area (Å²) in [5.41, 5.74) is 0.836. The number of aromatic nitrogens is 1. The average Bonchev–Trinajstić information content (AvgIpc) is 2.88. The van der Waals surface area contributed by atoms with Crippen LogP contribution < -0.4 is 5.32 Å². The Kier molecular flexibility index (Phi) is 3.34. The number of amides is 2. The molecule has 1 atom stereocenters. The van der Waals surface area contributed by atoms with E-state index in [9.17, 15) is 9.59 Å².